The number of rotatable bonds is 4. The Balaban J connectivity index is -0.000000320. The maximum absolute atomic E-state index is 8.50. The molecule has 0 saturated carbocycles. The fourth-order valence-corrected chi connectivity index (χ4v) is 0.918. The summed E-state index contributed by atoms with van der Waals surface area (Å²) in [5, 5.41) is 0. The van der Waals surface area contributed by atoms with Crippen molar-refractivity contribution in [1.82, 2.24) is 0 Å². The van der Waals surface area contributed by atoms with E-state index in [9.17, 15) is 0 Å². The molecule has 0 aliphatic rings. The summed E-state index contributed by atoms with van der Waals surface area (Å²) >= 11 is 4.20. The molecular weight excluding hydrogens is 290 g/mol. The zero-order chi connectivity index (χ0) is 7.33. The van der Waals surface area contributed by atoms with E-state index in [1.165, 1.54) is 0 Å². The molecule has 0 amide bonds. The Morgan fingerprint density at radius 2 is 1.82 bits per heavy atom. The molecule has 2 N–H and O–H groups in total. The van der Waals surface area contributed by atoms with Crippen LogP contribution in [0.3, 0.4) is 0 Å². The van der Waals surface area contributed by atoms with Gasteiger partial charge in [0, 0.05) is 39.0 Å². The van der Waals surface area contributed by atoms with Crippen molar-refractivity contribution in [1.29, 1.82) is 0 Å². The first-order chi connectivity index (χ1) is 4.06. The van der Waals surface area contributed by atoms with E-state index >= 15 is 0 Å². The second-order valence-corrected chi connectivity index (χ2v) is 4.34. The van der Waals surface area contributed by atoms with Gasteiger partial charge >= 0.3 is 6.72 Å². The van der Waals surface area contributed by atoms with E-state index in [4.69, 9.17) is 9.79 Å². The fraction of sp³-hybridized carbons (Fsp3) is 1.00. The summed E-state index contributed by atoms with van der Waals surface area (Å²) in [6.45, 7) is -1.03. The van der Waals surface area contributed by atoms with Gasteiger partial charge in [0.05, 0.1) is 6.61 Å². The molecular formula is C4H11O3PSZn2. The first kappa shape index (κ1) is 18.5. The molecule has 0 aromatic carbocycles. The largest absolute Gasteiger partial charge is 0.325 e. The Kier molecular flexibility index (Phi) is 16.6. The van der Waals surface area contributed by atoms with Crippen LogP contribution in [0.15, 0.2) is 0 Å². The molecule has 0 rings (SSSR count). The molecule has 0 aromatic rings. The monoisotopic (exact) mass is 298 g/mol. The summed E-state index contributed by atoms with van der Waals surface area (Å²) < 4.78 is 4.51. The molecule has 0 aliphatic heterocycles. The van der Waals surface area contributed by atoms with E-state index in [1.807, 2.05) is 6.92 Å². The predicted molar refractivity (Wildman–Crippen MR) is 39.6 cm³/mol. The number of hydrogen-bond donors (Lipinski definition) is 2. The van der Waals surface area contributed by atoms with Gasteiger partial charge < -0.3 is 14.3 Å². The summed E-state index contributed by atoms with van der Waals surface area (Å²) in [5.41, 5.74) is 0. The van der Waals surface area contributed by atoms with Crippen molar-refractivity contribution in [2.75, 3.05) is 6.61 Å². The topological polar surface area (TPSA) is 49.7 Å². The Morgan fingerprint density at radius 1 is 1.36 bits per heavy atom. The van der Waals surface area contributed by atoms with Crippen LogP contribution in [-0.4, -0.2) is 16.4 Å². The van der Waals surface area contributed by atoms with Gasteiger partial charge in [0.15, 0.2) is 0 Å². The van der Waals surface area contributed by atoms with E-state index in [2.05, 4.69) is 16.3 Å². The van der Waals surface area contributed by atoms with Crippen LogP contribution in [0.25, 0.3) is 0 Å². The van der Waals surface area contributed by atoms with Crippen molar-refractivity contribution in [2.45, 2.75) is 19.8 Å². The van der Waals surface area contributed by atoms with Crippen LogP contribution in [-0.2, 0) is 55.3 Å². The smallest absolute Gasteiger partial charge is 0.321 e. The summed E-state index contributed by atoms with van der Waals surface area (Å²) in [6.07, 6.45) is 1.79. The Bertz CT molecular complexity index is 118. The van der Waals surface area contributed by atoms with Crippen LogP contribution in [0.1, 0.15) is 19.8 Å². The predicted octanol–water partition coefficient (Wildman–Crippen LogP) is 1.01. The average Bonchev–Trinajstić information content (AvgIpc) is 1.63. The van der Waals surface area contributed by atoms with Crippen molar-refractivity contribution in [3.8, 4) is 0 Å². The molecule has 0 saturated heterocycles. The first-order valence-corrected chi connectivity index (χ1v) is 5.39. The minimum Gasteiger partial charge on any atom is -0.325 e. The van der Waals surface area contributed by atoms with E-state index in [1.54, 1.807) is 0 Å². The molecule has 0 aromatic heterocycles. The third-order valence-corrected chi connectivity index (χ3v) is 1.59. The Hall–Kier alpha value is 1.78. The van der Waals surface area contributed by atoms with Gasteiger partial charge in [-0.15, -0.1) is 0 Å². The van der Waals surface area contributed by atoms with Crippen LogP contribution in [0.5, 0.6) is 0 Å². The van der Waals surface area contributed by atoms with Gasteiger partial charge in [-0.1, -0.05) is 13.3 Å². The van der Waals surface area contributed by atoms with Crippen molar-refractivity contribution >= 4 is 18.5 Å². The Labute approximate surface area is 97.7 Å². The molecule has 11 heavy (non-hydrogen) atoms. The Morgan fingerprint density at radius 3 is 2.09 bits per heavy atom. The van der Waals surface area contributed by atoms with Crippen molar-refractivity contribution < 1.29 is 53.3 Å². The van der Waals surface area contributed by atoms with E-state index in [0.717, 1.165) is 12.8 Å². The standard InChI is InChI=1S/C4H11O3PS.2Zn/c1-2-3-4-7-8(5,6)9;;/h2-4H2,1H3,(H2,5,6,9);;. The molecule has 0 atom stereocenters. The maximum atomic E-state index is 8.50. The van der Waals surface area contributed by atoms with Gasteiger partial charge in [0.1, 0.15) is 0 Å². The quantitative estimate of drug-likeness (QED) is 0.462. The second kappa shape index (κ2) is 9.86. The van der Waals surface area contributed by atoms with Crippen LogP contribution in [0, 0.1) is 0 Å². The molecule has 0 unspecified atom stereocenters. The normalized spacial score (nSPS) is 9.73. The van der Waals surface area contributed by atoms with Crippen LogP contribution in [0.2, 0.25) is 0 Å². The van der Waals surface area contributed by atoms with Crippen molar-refractivity contribution in [2.24, 2.45) is 0 Å². The minimum absolute atomic E-state index is 0. The third kappa shape index (κ3) is 18.6. The maximum Gasteiger partial charge on any atom is 0.321 e. The fourth-order valence-electron chi connectivity index (χ4n) is 0.328. The van der Waals surface area contributed by atoms with Gasteiger partial charge in [-0.3, -0.25) is 0 Å². The average molecular weight is 301 g/mol. The molecule has 3 nitrogen and oxygen atoms in total. The van der Waals surface area contributed by atoms with Gasteiger partial charge in [0.2, 0.25) is 0 Å². The molecule has 7 heteroatoms. The summed E-state index contributed by atoms with van der Waals surface area (Å²) in [7, 11) is 0. The second-order valence-electron chi connectivity index (χ2n) is 1.68. The molecule has 60 valence electrons. The SMILES string of the molecule is CCCCOP(O)(O)=S.[Zn].[Zn]. The molecule has 0 fully saturated rings. The zero-order valence-corrected chi connectivity index (χ0v) is 14.3. The summed E-state index contributed by atoms with van der Waals surface area (Å²) in [4.78, 5) is 17.0. The van der Waals surface area contributed by atoms with Crippen LogP contribution < -0.4 is 0 Å². The van der Waals surface area contributed by atoms with Crippen molar-refractivity contribution in [3.63, 3.8) is 0 Å². The number of hydrogen-bond acceptors (Lipinski definition) is 2. The van der Waals surface area contributed by atoms with Crippen LogP contribution in [0.4, 0.5) is 0 Å². The van der Waals surface area contributed by atoms with Gasteiger partial charge in [-0.2, -0.15) is 0 Å². The van der Waals surface area contributed by atoms with Gasteiger partial charge in [-0.05, 0) is 18.2 Å². The zero-order valence-electron chi connectivity index (χ0n) is 6.69. The van der Waals surface area contributed by atoms with E-state index in [0.29, 0.717) is 6.61 Å². The summed E-state index contributed by atoms with van der Waals surface area (Å²) in [6, 6.07) is 0. The molecule has 0 aliphatic carbocycles. The minimum atomic E-state index is -3.36. The molecule has 0 radical (unpaired) electrons. The first-order valence-electron chi connectivity index (χ1n) is 2.76. The molecule has 0 spiro atoms. The summed E-state index contributed by atoms with van der Waals surface area (Å²) in [5.74, 6) is 0. The van der Waals surface area contributed by atoms with Crippen LogP contribution >= 0.6 is 6.72 Å². The van der Waals surface area contributed by atoms with Gasteiger partial charge in [0.25, 0.3) is 0 Å². The van der Waals surface area contributed by atoms with E-state index in [-0.39, 0.29) is 39.0 Å². The van der Waals surface area contributed by atoms with E-state index < -0.39 is 6.72 Å². The van der Waals surface area contributed by atoms with Gasteiger partial charge in [-0.25, -0.2) is 0 Å². The van der Waals surface area contributed by atoms with Crippen molar-refractivity contribution in [3.05, 3.63) is 0 Å². The number of unbranched alkanes of at least 4 members (excludes halogenated alkanes) is 1. The molecule has 0 heterocycles. The molecule has 0 bridgehead atoms. The third-order valence-electron chi connectivity index (χ3n) is 0.757.